The highest BCUT2D eigenvalue weighted by atomic mass is 32.1. The zero-order valence-electron chi connectivity index (χ0n) is 11.8. The number of benzene rings is 2. The van der Waals surface area contributed by atoms with Crippen LogP contribution in [0.2, 0.25) is 0 Å². The first kappa shape index (κ1) is 15.6. The lowest BCUT2D eigenvalue weighted by atomic mass is 10.2. The minimum absolute atomic E-state index is 0.00815. The lowest BCUT2D eigenvalue weighted by Crippen LogP contribution is -2.21. The molecule has 0 fully saturated rings. The molecule has 0 radical (unpaired) electrons. The maximum atomic E-state index is 10.8. The predicted octanol–water partition coefficient (Wildman–Crippen LogP) is 3.36. The fourth-order valence-electron chi connectivity index (χ4n) is 1.84. The second kappa shape index (κ2) is 6.77. The van der Waals surface area contributed by atoms with Crippen LogP contribution in [0.5, 0.6) is 0 Å². The summed E-state index contributed by atoms with van der Waals surface area (Å²) >= 11 is 5.19. The standard InChI is InChI=1S/C15H14N4O2S/c1-11(22)18(15-8-3-2-7-14(15)16)17-10-12-5-4-6-13(9-12)19(20)21/h2-10H,16H2,1H3. The van der Waals surface area contributed by atoms with Crippen LogP contribution in [0.3, 0.4) is 0 Å². The fourth-order valence-corrected chi connectivity index (χ4v) is 1.98. The van der Waals surface area contributed by atoms with Crippen LogP contribution in [0, 0.1) is 10.1 Å². The van der Waals surface area contributed by atoms with Crippen LogP contribution in [-0.2, 0) is 0 Å². The highest BCUT2D eigenvalue weighted by Crippen LogP contribution is 2.23. The van der Waals surface area contributed by atoms with E-state index >= 15 is 0 Å². The molecule has 0 spiro atoms. The van der Waals surface area contributed by atoms with E-state index in [0.29, 0.717) is 21.9 Å². The molecular formula is C15H14N4O2S. The number of rotatable bonds is 4. The SMILES string of the molecule is CC(=S)N(N=Cc1cccc([N+](=O)[O-])c1)c1ccccc1N. The molecule has 0 unspecified atom stereocenters. The zero-order valence-corrected chi connectivity index (χ0v) is 12.7. The molecule has 2 aromatic rings. The number of hydrogen-bond donors (Lipinski definition) is 1. The monoisotopic (exact) mass is 314 g/mol. The minimum Gasteiger partial charge on any atom is -0.397 e. The first-order chi connectivity index (χ1) is 10.5. The van der Waals surface area contributed by atoms with Crippen LogP contribution in [0.25, 0.3) is 0 Å². The summed E-state index contributed by atoms with van der Waals surface area (Å²) in [5.74, 6) is 0. The second-order valence-corrected chi connectivity index (χ2v) is 5.08. The Balaban J connectivity index is 2.33. The lowest BCUT2D eigenvalue weighted by molar-refractivity contribution is -0.384. The van der Waals surface area contributed by atoms with E-state index in [1.165, 1.54) is 23.4 Å². The van der Waals surface area contributed by atoms with Gasteiger partial charge in [-0.3, -0.25) is 10.1 Å². The third-order valence-electron chi connectivity index (χ3n) is 2.87. The van der Waals surface area contributed by atoms with Crippen molar-refractivity contribution >= 4 is 40.5 Å². The molecule has 6 nitrogen and oxygen atoms in total. The van der Waals surface area contributed by atoms with Crippen LogP contribution in [-0.4, -0.2) is 16.1 Å². The smallest absolute Gasteiger partial charge is 0.270 e. The molecule has 22 heavy (non-hydrogen) atoms. The van der Waals surface area contributed by atoms with Gasteiger partial charge in [-0.25, -0.2) is 5.01 Å². The van der Waals surface area contributed by atoms with Gasteiger partial charge in [-0.2, -0.15) is 5.10 Å². The van der Waals surface area contributed by atoms with Crippen molar-refractivity contribution in [3.63, 3.8) is 0 Å². The molecule has 112 valence electrons. The van der Waals surface area contributed by atoms with Gasteiger partial charge in [0.25, 0.3) is 5.69 Å². The van der Waals surface area contributed by atoms with Gasteiger partial charge in [-0.15, -0.1) is 0 Å². The van der Waals surface area contributed by atoms with Crippen molar-refractivity contribution < 1.29 is 4.92 Å². The second-order valence-electron chi connectivity index (χ2n) is 4.49. The Morgan fingerprint density at radius 1 is 1.32 bits per heavy atom. The molecule has 2 rings (SSSR count). The molecule has 2 N–H and O–H groups in total. The molecule has 0 aliphatic rings. The molecule has 0 saturated heterocycles. The summed E-state index contributed by atoms with van der Waals surface area (Å²) in [6.45, 7) is 1.73. The van der Waals surface area contributed by atoms with Crippen molar-refractivity contribution in [2.75, 3.05) is 10.7 Å². The number of non-ortho nitro benzene ring substituents is 1. The topological polar surface area (TPSA) is 84.8 Å². The van der Waals surface area contributed by atoms with Gasteiger partial charge >= 0.3 is 0 Å². The summed E-state index contributed by atoms with van der Waals surface area (Å²) in [5.41, 5.74) is 7.75. The van der Waals surface area contributed by atoms with Crippen LogP contribution >= 0.6 is 12.2 Å². The minimum atomic E-state index is -0.450. The molecule has 0 aliphatic heterocycles. The number of nitro benzene ring substituents is 1. The number of anilines is 2. The van der Waals surface area contributed by atoms with E-state index in [-0.39, 0.29) is 5.69 Å². The Morgan fingerprint density at radius 2 is 2.05 bits per heavy atom. The van der Waals surface area contributed by atoms with E-state index in [1.54, 1.807) is 31.2 Å². The van der Waals surface area contributed by atoms with Gasteiger partial charge in [0.1, 0.15) is 4.99 Å². The molecule has 0 amide bonds. The van der Waals surface area contributed by atoms with Crippen molar-refractivity contribution in [1.29, 1.82) is 0 Å². The average Bonchev–Trinajstić information content (AvgIpc) is 2.49. The highest BCUT2D eigenvalue weighted by molar-refractivity contribution is 7.80. The van der Waals surface area contributed by atoms with Crippen molar-refractivity contribution in [1.82, 2.24) is 0 Å². The van der Waals surface area contributed by atoms with Crippen molar-refractivity contribution in [2.45, 2.75) is 6.92 Å². The third-order valence-corrected chi connectivity index (χ3v) is 3.04. The number of nitro groups is 1. The Bertz CT molecular complexity index is 746. The fraction of sp³-hybridized carbons (Fsp3) is 0.0667. The van der Waals surface area contributed by atoms with E-state index in [4.69, 9.17) is 18.0 Å². The molecular weight excluding hydrogens is 300 g/mol. The van der Waals surface area contributed by atoms with E-state index in [2.05, 4.69) is 5.10 Å². The normalized spacial score (nSPS) is 10.6. The van der Waals surface area contributed by atoms with E-state index < -0.39 is 4.92 Å². The average molecular weight is 314 g/mol. The molecule has 0 bridgehead atoms. The number of hydrogen-bond acceptors (Lipinski definition) is 5. The predicted molar refractivity (Wildman–Crippen MR) is 92.3 cm³/mol. The molecule has 0 aromatic heterocycles. The molecule has 0 saturated carbocycles. The van der Waals surface area contributed by atoms with E-state index in [0.717, 1.165) is 0 Å². The maximum Gasteiger partial charge on any atom is 0.270 e. The van der Waals surface area contributed by atoms with Crippen LogP contribution in [0.15, 0.2) is 53.6 Å². The van der Waals surface area contributed by atoms with Gasteiger partial charge in [0.15, 0.2) is 0 Å². The summed E-state index contributed by atoms with van der Waals surface area (Å²) in [4.78, 5) is 10.8. The molecule has 0 heterocycles. The Kier molecular flexibility index (Phi) is 4.80. The van der Waals surface area contributed by atoms with Gasteiger partial charge in [0.2, 0.25) is 0 Å². The molecule has 7 heteroatoms. The van der Waals surface area contributed by atoms with Gasteiger partial charge < -0.3 is 5.73 Å². The molecule has 0 atom stereocenters. The van der Waals surface area contributed by atoms with Crippen molar-refractivity contribution in [2.24, 2.45) is 5.10 Å². The van der Waals surface area contributed by atoms with Gasteiger partial charge in [0, 0.05) is 17.7 Å². The number of nitrogens with zero attached hydrogens (tertiary/aromatic N) is 3. The number of hydrazone groups is 1. The number of thiocarbonyl (C=S) groups is 1. The zero-order chi connectivity index (χ0) is 16.1. The molecule has 0 aliphatic carbocycles. The first-order valence-corrected chi connectivity index (χ1v) is 6.83. The summed E-state index contributed by atoms with van der Waals surface area (Å²) in [6.07, 6.45) is 1.51. The largest absolute Gasteiger partial charge is 0.397 e. The van der Waals surface area contributed by atoms with Crippen LogP contribution < -0.4 is 10.7 Å². The van der Waals surface area contributed by atoms with E-state index in [1.807, 2.05) is 12.1 Å². The Hall–Kier alpha value is -2.80. The Labute approximate surface area is 133 Å². The third kappa shape index (κ3) is 3.64. The van der Waals surface area contributed by atoms with Gasteiger partial charge in [-0.05, 0) is 19.1 Å². The number of para-hydroxylation sites is 2. The number of nitrogens with two attached hydrogens (primary N) is 1. The summed E-state index contributed by atoms with van der Waals surface area (Å²) < 4.78 is 0. The molecule has 2 aromatic carbocycles. The Morgan fingerprint density at radius 3 is 2.68 bits per heavy atom. The lowest BCUT2D eigenvalue weighted by Gasteiger charge is -2.19. The number of nitrogen functional groups attached to an aromatic ring is 1. The van der Waals surface area contributed by atoms with Gasteiger partial charge in [-0.1, -0.05) is 36.5 Å². The highest BCUT2D eigenvalue weighted by Gasteiger charge is 2.10. The van der Waals surface area contributed by atoms with E-state index in [9.17, 15) is 10.1 Å². The summed E-state index contributed by atoms with van der Waals surface area (Å²) in [6, 6.07) is 13.4. The van der Waals surface area contributed by atoms with Crippen LogP contribution in [0.1, 0.15) is 12.5 Å². The van der Waals surface area contributed by atoms with Crippen LogP contribution in [0.4, 0.5) is 17.1 Å². The van der Waals surface area contributed by atoms with Gasteiger partial charge in [0.05, 0.1) is 22.5 Å². The van der Waals surface area contributed by atoms with Crippen molar-refractivity contribution in [3.05, 3.63) is 64.2 Å². The maximum absolute atomic E-state index is 10.8. The quantitative estimate of drug-likeness (QED) is 0.307. The summed E-state index contributed by atoms with van der Waals surface area (Å²) in [5, 5.41) is 16.6. The van der Waals surface area contributed by atoms with Crippen molar-refractivity contribution in [3.8, 4) is 0 Å². The first-order valence-electron chi connectivity index (χ1n) is 6.42. The summed E-state index contributed by atoms with van der Waals surface area (Å²) in [7, 11) is 0.